The van der Waals surface area contributed by atoms with Gasteiger partial charge in [-0.3, -0.25) is 9.59 Å². The fourth-order valence-electron chi connectivity index (χ4n) is 4.93. The van der Waals surface area contributed by atoms with Gasteiger partial charge in [-0.25, -0.2) is 4.98 Å². The number of likely N-dealkylation sites (N-methyl/N-ethyl adjacent to an activating group) is 2. The van der Waals surface area contributed by atoms with Gasteiger partial charge in [-0.05, 0) is 44.2 Å². The van der Waals surface area contributed by atoms with E-state index in [2.05, 4.69) is 27.2 Å². The first-order chi connectivity index (χ1) is 15.9. The lowest BCUT2D eigenvalue weighted by atomic mass is 9.89. The number of hydrogen-bond donors (Lipinski definition) is 2. The summed E-state index contributed by atoms with van der Waals surface area (Å²) in [5.41, 5.74) is 2.43. The quantitative estimate of drug-likeness (QED) is 0.583. The van der Waals surface area contributed by atoms with Gasteiger partial charge in [0.05, 0.1) is 11.7 Å². The molecule has 2 aliphatic rings. The van der Waals surface area contributed by atoms with Crippen LogP contribution in [-0.4, -0.2) is 64.3 Å². The van der Waals surface area contributed by atoms with Gasteiger partial charge in [-0.15, -0.1) is 11.3 Å². The number of rotatable bonds is 4. The second kappa shape index (κ2) is 9.08. The van der Waals surface area contributed by atoms with Crippen LogP contribution in [0.25, 0.3) is 10.9 Å². The zero-order valence-corrected chi connectivity index (χ0v) is 20.4. The van der Waals surface area contributed by atoms with Crippen molar-refractivity contribution in [2.24, 2.45) is 0 Å². The van der Waals surface area contributed by atoms with Crippen LogP contribution in [0.3, 0.4) is 0 Å². The van der Waals surface area contributed by atoms with Crippen LogP contribution in [0.1, 0.15) is 56.5 Å². The molecule has 1 saturated carbocycles. The second-order valence-corrected chi connectivity index (χ2v) is 10.7. The fourth-order valence-corrected chi connectivity index (χ4v) is 6.28. The first kappa shape index (κ1) is 22.4. The molecule has 1 aliphatic heterocycles. The standard InChI is InChI=1S/C24H28ClN5O2S/c1-29-10-9-18-21(13-29)33-23(28-18)24(32)30(2)20-6-4-3-5-17(20)27-22(31)19-12-14-11-15(25)7-8-16(14)26-19/h7-8,11-12,17,20,26H,3-6,9-10,13H2,1-2H3,(H,27,31)/t17-,20+/m1/s1. The minimum absolute atomic E-state index is 0.0524. The molecule has 3 heterocycles. The number of halogens is 1. The first-order valence-electron chi connectivity index (χ1n) is 11.4. The lowest BCUT2D eigenvalue weighted by Crippen LogP contribution is -2.53. The minimum atomic E-state index is -0.159. The average molecular weight is 486 g/mol. The van der Waals surface area contributed by atoms with E-state index in [4.69, 9.17) is 11.6 Å². The lowest BCUT2D eigenvalue weighted by Gasteiger charge is -2.38. The SMILES string of the molecule is CN1CCc2nc(C(=O)N(C)[C@H]3CCCC[C@H]3NC(=O)c3cc4cc(Cl)ccc4[nH]3)sc2C1. The third-order valence-corrected chi connectivity index (χ3v) is 8.10. The van der Waals surface area contributed by atoms with Gasteiger partial charge in [0.15, 0.2) is 5.01 Å². The number of nitrogens with zero attached hydrogens (tertiary/aromatic N) is 3. The highest BCUT2D eigenvalue weighted by Gasteiger charge is 2.34. The van der Waals surface area contributed by atoms with E-state index in [1.165, 1.54) is 16.2 Å². The first-order valence-corrected chi connectivity index (χ1v) is 12.6. The monoisotopic (exact) mass is 485 g/mol. The van der Waals surface area contributed by atoms with Crippen molar-refractivity contribution in [2.75, 3.05) is 20.6 Å². The third-order valence-electron chi connectivity index (χ3n) is 6.80. The van der Waals surface area contributed by atoms with Crippen molar-refractivity contribution in [1.82, 2.24) is 25.1 Å². The van der Waals surface area contributed by atoms with Gasteiger partial charge in [0, 0.05) is 53.4 Å². The molecule has 3 aromatic rings. The summed E-state index contributed by atoms with van der Waals surface area (Å²) in [7, 11) is 3.93. The molecule has 0 spiro atoms. The molecule has 0 saturated heterocycles. The molecule has 1 aliphatic carbocycles. The van der Waals surface area contributed by atoms with Gasteiger partial charge >= 0.3 is 0 Å². The zero-order chi connectivity index (χ0) is 23.1. The topological polar surface area (TPSA) is 81.3 Å². The van der Waals surface area contributed by atoms with Crippen LogP contribution < -0.4 is 5.32 Å². The normalized spacial score (nSPS) is 21.1. The highest BCUT2D eigenvalue weighted by Crippen LogP contribution is 2.28. The molecule has 0 unspecified atom stereocenters. The summed E-state index contributed by atoms with van der Waals surface area (Å²) in [4.78, 5) is 39.4. The molecule has 1 fully saturated rings. The number of aromatic nitrogens is 2. The molecule has 9 heteroatoms. The van der Waals surface area contributed by atoms with Crippen LogP contribution in [0.15, 0.2) is 24.3 Å². The predicted octanol–water partition coefficient (Wildman–Crippen LogP) is 4.08. The van der Waals surface area contributed by atoms with E-state index in [0.29, 0.717) is 15.7 Å². The molecular formula is C24H28ClN5O2S. The maximum absolute atomic E-state index is 13.3. The Kier molecular flexibility index (Phi) is 6.16. The number of fused-ring (bicyclic) bond motifs is 2. The number of thiazole rings is 1. The molecule has 7 nitrogen and oxygen atoms in total. The fraction of sp³-hybridized carbons (Fsp3) is 0.458. The summed E-state index contributed by atoms with van der Waals surface area (Å²) in [6.45, 7) is 1.82. The number of aromatic amines is 1. The lowest BCUT2D eigenvalue weighted by molar-refractivity contribution is 0.0625. The average Bonchev–Trinajstić information content (AvgIpc) is 3.42. The minimum Gasteiger partial charge on any atom is -0.351 e. The van der Waals surface area contributed by atoms with Crippen molar-refractivity contribution in [3.8, 4) is 0 Å². The van der Waals surface area contributed by atoms with Crippen LogP contribution >= 0.6 is 22.9 Å². The van der Waals surface area contributed by atoms with Gasteiger partial charge in [-0.1, -0.05) is 24.4 Å². The van der Waals surface area contributed by atoms with E-state index in [-0.39, 0.29) is 23.9 Å². The van der Waals surface area contributed by atoms with Gasteiger partial charge in [-0.2, -0.15) is 0 Å². The molecule has 2 atom stereocenters. The van der Waals surface area contributed by atoms with Crippen LogP contribution in [0, 0.1) is 0 Å². The Morgan fingerprint density at radius 1 is 1.27 bits per heavy atom. The van der Waals surface area contributed by atoms with E-state index in [0.717, 1.165) is 61.8 Å². The molecule has 2 N–H and O–H groups in total. The molecule has 33 heavy (non-hydrogen) atoms. The van der Waals surface area contributed by atoms with Crippen molar-refractivity contribution < 1.29 is 9.59 Å². The molecule has 1 aromatic carbocycles. The number of nitrogens with one attached hydrogen (secondary N) is 2. The van der Waals surface area contributed by atoms with E-state index >= 15 is 0 Å². The van der Waals surface area contributed by atoms with E-state index in [1.807, 2.05) is 25.2 Å². The predicted molar refractivity (Wildman–Crippen MR) is 131 cm³/mol. The summed E-state index contributed by atoms with van der Waals surface area (Å²) in [6, 6.07) is 7.17. The van der Waals surface area contributed by atoms with Crippen LogP contribution in [-0.2, 0) is 13.0 Å². The summed E-state index contributed by atoms with van der Waals surface area (Å²) >= 11 is 7.59. The summed E-state index contributed by atoms with van der Waals surface area (Å²) in [5.74, 6) is -0.212. The van der Waals surface area contributed by atoms with Crippen LogP contribution in [0.2, 0.25) is 5.02 Å². The number of benzene rings is 1. The van der Waals surface area contributed by atoms with E-state index in [9.17, 15) is 9.59 Å². The van der Waals surface area contributed by atoms with Gasteiger partial charge in [0.2, 0.25) is 0 Å². The largest absolute Gasteiger partial charge is 0.351 e. The number of carbonyl (C=O) groups excluding carboxylic acids is 2. The molecule has 5 rings (SSSR count). The number of H-pyrrole nitrogens is 1. The van der Waals surface area contributed by atoms with Crippen LogP contribution in [0.4, 0.5) is 0 Å². The van der Waals surface area contributed by atoms with Crippen molar-refractivity contribution in [3.05, 3.63) is 50.6 Å². The molecule has 2 amide bonds. The Morgan fingerprint density at radius 2 is 2.09 bits per heavy atom. The van der Waals surface area contributed by atoms with Crippen molar-refractivity contribution in [1.29, 1.82) is 0 Å². The smallest absolute Gasteiger partial charge is 0.282 e. The summed E-state index contributed by atoms with van der Waals surface area (Å²) in [6.07, 6.45) is 4.67. The van der Waals surface area contributed by atoms with Crippen molar-refractivity contribution >= 4 is 45.7 Å². The number of carbonyl (C=O) groups is 2. The molecule has 0 radical (unpaired) electrons. The Labute approximate surface area is 202 Å². The highest BCUT2D eigenvalue weighted by atomic mass is 35.5. The van der Waals surface area contributed by atoms with Crippen molar-refractivity contribution in [2.45, 2.75) is 50.7 Å². The van der Waals surface area contributed by atoms with E-state index < -0.39 is 0 Å². The summed E-state index contributed by atoms with van der Waals surface area (Å²) in [5, 5.41) is 5.28. The van der Waals surface area contributed by atoms with Crippen molar-refractivity contribution in [3.63, 3.8) is 0 Å². The molecular weight excluding hydrogens is 458 g/mol. The third kappa shape index (κ3) is 4.52. The maximum Gasteiger partial charge on any atom is 0.282 e. The van der Waals surface area contributed by atoms with Crippen LogP contribution in [0.5, 0.6) is 0 Å². The summed E-state index contributed by atoms with van der Waals surface area (Å²) < 4.78 is 0. The zero-order valence-electron chi connectivity index (χ0n) is 18.9. The van der Waals surface area contributed by atoms with Gasteiger partial charge in [0.25, 0.3) is 11.8 Å². The maximum atomic E-state index is 13.3. The highest BCUT2D eigenvalue weighted by molar-refractivity contribution is 7.13. The Balaban J connectivity index is 1.31. The Hall–Kier alpha value is -2.42. The number of hydrogen-bond acceptors (Lipinski definition) is 5. The Morgan fingerprint density at radius 3 is 2.94 bits per heavy atom. The number of amides is 2. The van der Waals surface area contributed by atoms with Gasteiger partial charge < -0.3 is 20.1 Å². The van der Waals surface area contributed by atoms with E-state index in [1.54, 1.807) is 11.0 Å². The molecule has 2 aromatic heterocycles. The molecule has 174 valence electrons. The van der Waals surface area contributed by atoms with Gasteiger partial charge in [0.1, 0.15) is 5.69 Å². The molecule has 0 bridgehead atoms. The Bertz CT molecular complexity index is 1200. The second-order valence-electron chi connectivity index (χ2n) is 9.14.